The zero-order chi connectivity index (χ0) is 12.6. The molecule has 0 amide bonds. The van der Waals surface area contributed by atoms with Gasteiger partial charge in [-0.15, -0.1) is 0 Å². The molecule has 1 aromatic carbocycles. The van der Waals surface area contributed by atoms with Crippen LogP contribution in [-0.4, -0.2) is 24.5 Å². The van der Waals surface area contributed by atoms with Gasteiger partial charge in [-0.05, 0) is 30.2 Å². The molecule has 1 saturated heterocycles. The van der Waals surface area contributed by atoms with Crippen LogP contribution < -0.4 is 0 Å². The zero-order valence-corrected chi connectivity index (χ0v) is 12.1. The minimum absolute atomic E-state index is 0.185. The third-order valence-electron chi connectivity index (χ3n) is 4.20. The molecule has 94 valence electrons. The number of likely N-dealkylation sites (tertiary alicyclic amines) is 1. The highest BCUT2D eigenvalue weighted by Crippen LogP contribution is 2.40. The molecule has 0 radical (unpaired) electrons. The van der Waals surface area contributed by atoms with Crippen LogP contribution in [0.4, 0.5) is 0 Å². The van der Waals surface area contributed by atoms with Gasteiger partial charge in [0, 0.05) is 18.5 Å². The summed E-state index contributed by atoms with van der Waals surface area (Å²) in [7, 11) is 0. The van der Waals surface area contributed by atoms with Crippen molar-refractivity contribution < 1.29 is 0 Å². The van der Waals surface area contributed by atoms with Gasteiger partial charge in [0.2, 0.25) is 0 Å². The number of halogens is 2. The standard InChI is InChI=1S/C14H19Cl2N/c1-4-17-8-10(2)14(3,9-17)11-5-6-12(15)13(16)7-11/h5-7,10H,4,8-9H2,1-3H3. The van der Waals surface area contributed by atoms with Crippen molar-refractivity contribution in [2.75, 3.05) is 19.6 Å². The van der Waals surface area contributed by atoms with E-state index in [1.807, 2.05) is 12.1 Å². The highest BCUT2D eigenvalue weighted by molar-refractivity contribution is 6.42. The first-order valence-electron chi connectivity index (χ1n) is 6.15. The van der Waals surface area contributed by atoms with Crippen molar-refractivity contribution in [2.45, 2.75) is 26.2 Å². The number of hydrogen-bond donors (Lipinski definition) is 0. The summed E-state index contributed by atoms with van der Waals surface area (Å²) in [5, 5.41) is 1.30. The number of nitrogens with zero attached hydrogens (tertiary/aromatic N) is 1. The minimum atomic E-state index is 0.185. The molecule has 0 N–H and O–H groups in total. The third-order valence-corrected chi connectivity index (χ3v) is 4.94. The minimum Gasteiger partial charge on any atom is -0.302 e. The van der Waals surface area contributed by atoms with E-state index in [1.54, 1.807) is 0 Å². The van der Waals surface area contributed by atoms with Crippen molar-refractivity contribution in [1.82, 2.24) is 4.90 Å². The molecule has 3 heteroatoms. The predicted molar refractivity (Wildman–Crippen MR) is 75.1 cm³/mol. The summed E-state index contributed by atoms with van der Waals surface area (Å²) < 4.78 is 0. The van der Waals surface area contributed by atoms with Crippen LogP contribution in [0.25, 0.3) is 0 Å². The van der Waals surface area contributed by atoms with Gasteiger partial charge in [0.25, 0.3) is 0 Å². The molecule has 0 spiro atoms. The Hall–Kier alpha value is -0.240. The second kappa shape index (κ2) is 4.79. The monoisotopic (exact) mass is 271 g/mol. The summed E-state index contributed by atoms with van der Waals surface area (Å²) in [4.78, 5) is 2.49. The Morgan fingerprint density at radius 3 is 2.59 bits per heavy atom. The second-order valence-corrected chi connectivity index (χ2v) is 6.09. The van der Waals surface area contributed by atoms with Gasteiger partial charge in [0.1, 0.15) is 0 Å². The molecule has 0 aromatic heterocycles. The molecule has 2 atom stereocenters. The fourth-order valence-electron chi connectivity index (χ4n) is 2.74. The van der Waals surface area contributed by atoms with E-state index in [0.29, 0.717) is 16.0 Å². The van der Waals surface area contributed by atoms with Gasteiger partial charge < -0.3 is 4.90 Å². The number of hydrogen-bond acceptors (Lipinski definition) is 1. The first-order chi connectivity index (χ1) is 7.97. The largest absolute Gasteiger partial charge is 0.302 e. The van der Waals surface area contributed by atoms with Crippen LogP contribution >= 0.6 is 23.2 Å². The third kappa shape index (κ3) is 2.33. The van der Waals surface area contributed by atoms with E-state index in [2.05, 4.69) is 31.7 Å². The summed E-state index contributed by atoms with van der Waals surface area (Å²) in [6, 6.07) is 6.05. The van der Waals surface area contributed by atoms with Crippen molar-refractivity contribution in [1.29, 1.82) is 0 Å². The Balaban J connectivity index is 2.34. The lowest BCUT2D eigenvalue weighted by atomic mass is 9.75. The Labute approximate surface area is 114 Å². The molecule has 1 nitrogen and oxygen atoms in total. The van der Waals surface area contributed by atoms with E-state index >= 15 is 0 Å². The van der Waals surface area contributed by atoms with Gasteiger partial charge in [-0.2, -0.15) is 0 Å². The lowest BCUT2D eigenvalue weighted by Gasteiger charge is -2.29. The van der Waals surface area contributed by atoms with E-state index in [1.165, 1.54) is 5.56 Å². The Bertz CT molecular complexity index is 419. The Kier molecular flexibility index (Phi) is 3.72. The van der Waals surface area contributed by atoms with Crippen LogP contribution in [0.5, 0.6) is 0 Å². The molecule has 2 unspecified atom stereocenters. The van der Waals surface area contributed by atoms with Crippen molar-refractivity contribution in [3.05, 3.63) is 33.8 Å². The normalized spacial score (nSPS) is 29.8. The topological polar surface area (TPSA) is 3.24 Å². The van der Waals surface area contributed by atoms with E-state index in [9.17, 15) is 0 Å². The van der Waals surface area contributed by atoms with Gasteiger partial charge in [0.15, 0.2) is 0 Å². The van der Waals surface area contributed by atoms with Crippen LogP contribution in [-0.2, 0) is 5.41 Å². The molecule has 0 saturated carbocycles. The Morgan fingerprint density at radius 1 is 1.35 bits per heavy atom. The summed E-state index contributed by atoms with van der Waals surface area (Å²) in [6.07, 6.45) is 0. The van der Waals surface area contributed by atoms with Crippen molar-refractivity contribution in [3.8, 4) is 0 Å². The maximum absolute atomic E-state index is 6.13. The summed E-state index contributed by atoms with van der Waals surface area (Å²) in [5.41, 5.74) is 1.49. The molecule has 17 heavy (non-hydrogen) atoms. The first-order valence-corrected chi connectivity index (χ1v) is 6.91. The van der Waals surface area contributed by atoms with Crippen molar-refractivity contribution in [3.63, 3.8) is 0 Å². The van der Waals surface area contributed by atoms with Gasteiger partial charge in [-0.3, -0.25) is 0 Å². The molecular weight excluding hydrogens is 253 g/mol. The van der Waals surface area contributed by atoms with Crippen LogP contribution in [0.3, 0.4) is 0 Å². The van der Waals surface area contributed by atoms with Crippen LogP contribution in [0.15, 0.2) is 18.2 Å². The average Bonchev–Trinajstić information content (AvgIpc) is 2.60. The fourth-order valence-corrected chi connectivity index (χ4v) is 3.04. The Morgan fingerprint density at radius 2 is 2.06 bits per heavy atom. The molecule has 2 rings (SSSR count). The number of likely N-dealkylation sites (N-methyl/N-ethyl adjacent to an activating group) is 1. The molecule has 1 heterocycles. The second-order valence-electron chi connectivity index (χ2n) is 5.28. The van der Waals surface area contributed by atoms with Crippen molar-refractivity contribution >= 4 is 23.2 Å². The number of benzene rings is 1. The molecule has 1 aliphatic heterocycles. The molecular formula is C14H19Cl2N. The maximum Gasteiger partial charge on any atom is 0.0595 e. The summed E-state index contributed by atoms with van der Waals surface area (Å²) in [5.74, 6) is 0.639. The number of rotatable bonds is 2. The van der Waals surface area contributed by atoms with E-state index in [4.69, 9.17) is 23.2 Å². The van der Waals surface area contributed by atoms with Crippen LogP contribution in [0, 0.1) is 5.92 Å². The lowest BCUT2D eigenvalue weighted by Crippen LogP contribution is -2.31. The van der Waals surface area contributed by atoms with Gasteiger partial charge >= 0.3 is 0 Å². The van der Waals surface area contributed by atoms with E-state index in [-0.39, 0.29) is 5.41 Å². The molecule has 1 aromatic rings. The lowest BCUT2D eigenvalue weighted by molar-refractivity contribution is 0.333. The van der Waals surface area contributed by atoms with Gasteiger partial charge in [0.05, 0.1) is 10.0 Å². The fraction of sp³-hybridized carbons (Fsp3) is 0.571. The SMILES string of the molecule is CCN1CC(C)C(C)(c2ccc(Cl)c(Cl)c2)C1. The quantitative estimate of drug-likeness (QED) is 0.779. The highest BCUT2D eigenvalue weighted by Gasteiger charge is 2.41. The summed E-state index contributed by atoms with van der Waals surface area (Å²) in [6.45, 7) is 10.2. The van der Waals surface area contributed by atoms with Crippen molar-refractivity contribution in [2.24, 2.45) is 5.92 Å². The van der Waals surface area contributed by atoms with E-state index in [0.717, 1.165) is 19.6 Å². The first kappa shape index (κ1) is 13.2. The van der Waals surface area contributed by atoms with Gasteiger partial charge in [-0.1, -0.05) is 50.0 Å². The molecule has 0 aliphatic carbocycles. The average molecular weight is 272 g/mol. The zero-order valence-electron chi connectivity index (χ0n) is 10.6. The molecule has 1 fully saturated rings. The predicted octanol–water partition coefficient (Wildman–Crippen LogP) is 4.22. The highest BCUT2D eigenvalue weighted by atomic mass is 35.5. The van der Waals surface area contributed by atoms with Crippen LogP contribution in [0.1, 0.15) is 26.3 Å². The molecule has 0 bridgehead atoms. The van der Waals surface area contributed by atoms with Gasteiger partial charge in [-0.25, -0.2) is 0 Å². The summed E-state index contributed by atoms with van der Waals surface area (Å²) >= 11 is 12.1. The van der Waals surface area contributed by atoms with Crippen LogP contribution in [0.2, 0.25) is 10.0 Å². The molecule has 1 aliphatic rings. The van der Waals surface area contributed by atoms with E-state index < -0.39 is 0 Å². The smallest absolute Gasteiger partial charge is 0.0595 e. The maximum atomic E-state index is 6.13.